The lowest BCUT2D eigenvalue weighted by atomic mass is 10.3. The Morgan fingerprint density at radius 3 is 3.00 bits per heavy atom. The minimum Gasteiger partial charge on any atom is -0.369 e. The van der Waals surface area contributed by atoms with Gasteiger partial charge in [0.1, 0.15) is 17.3 Å². The van der Waals surface area contributed by atoms with Crippen LogP contribution in [0.1, 0.15) is 23.7 Å². The number of hydrogen-bond donors (Lipinski definition) is 1. The number of rotatable bonds is 4. The molecule has 2 rings (SSSR count). The molecule has 1 fully saturated rings. The molecule has 2 atom stereocenters. The summed E-state index contributed by atoms with van der Waals surface area (Å²) in [7, 11) is 0. The summed E-state index contributed by atoms with van der Waals surface area (Å²) >= 11 is 5.77. The van der Waals surface area contributed by atoms with Crippen molar-refractivity contribution in [3.05, 3.63) is 17.0 Å². The Labute approximate surface area is 93.1 Å². The molecule has 1 saturated carbocycles. The number of carbonyl (C=O) groups excluding carboxylic acids is 1. The molecule has 1 heterocycles. The molecule has 0 bridgehead atoms. The molecular formula is C10H12ClN3O. The fourth-order valence-electron chi connectivity index (χ4n) is 1.53. The third-order valence-electron chi connectivity index (χ3n) is 2.76. The van der Waals surface area contributed by atoms with Crippen molar-refractivity contribution in [1.82, 2.24) is 9.97 Å². The number of aromatic nitrogens is 2. The predicted molar refractivity (Wildman–Crippen MR) is 58.2 cm³/mol. The zero-order valence-electron chi connectivity index (χ0n) is 8.40. The standard InChI is InChI=1S/C10H12ClN3O/c1-6-2-7(6)3-12-10-8(4-15)9(11)13-5-14-10/h4-7H,2-3H2,1H3,(H,12,13,14). The van der Waals surface area contributed by atoms with Crippen LogP contribution in [0.5, 0.6) is 0 Å². The summed E-state index contributed by atoms with van der Waals surface area (Å²) in [5.41, 5.74) is 0.340. The molecule has 80 valence electrons. The lowest BCUT2D eigenvalue weighted by Crippen LogP contribution is -2.09. The fraction of sp³-hybridized carbons (Fsp3) is 0.500. The molecule has 0 radical (unpaired) electrons. The van der Waals surface area contributed by atoms with E-state index in [0.29, 0.717) is 23.6 Å². The Morgan fingerprint density at radius 1 is 1.67 bits per heavy atom. The van der Waals surface area contributed by atoms with Gasteiger partial charge in [0.25, 0.3) is 0 Å². The smallest absolute Gasteiger partial charge is 0.156 e. The monoisotopic (exact) mass is 225 g/mol. The van der Waals surface area contributed by atoms with Crippen LogP contribution in [0, 0.1) is 11.8 Å². The fourth-order valence-corrected chi connectivity index (χ4v) is 1.71. The Balaban J connectivity index is 2.06. The van der Waals surface area contributed by atoms with E-state index in [1.807, 2.05) is 0 Å². The lowest BCUT2D eigenvalue weighted by molar-refractivity contribution is 0.112. The van der Waals surface area contributed by atoms with Crippen LogP contribution in [0.3, 0.4) is 0 Å². The third kappa shape index (κ3) is 2.26. The molecule has 1 aromatic heterocycles. The van der Waals surface area contributed by atoms with E-state index in [2.05, 4.69) is 22.2 Å². The van der Waals surface area contributed by atoms with Crippen LogP contribution in [0.2, 0.25) is 5.15 Å². The number of halogens is 1. The molecule has 2 unspecified atom stereocenters. The van der Waals surface area contributed by atoms with E-state index in [0.717, 1.165) is 12.5 Å². The first kappa shape index (κ1) is 10.4. The average molecular weight is 226 g/mol. The molecule has 4 nitrogen and oxygen atoms in total. The van der Waals surface area contributed by atoms with Gasteiger partial charge in [-0.2, -0.15) is 0 Å². The van der Waals surface area contributed by atoms with E-state index >= 15 is 0 Å². The molecular weight excluding hydrogens is 214 g/mol. The van der Waals surface area contributed by atoms with Crippen molar-refractivity contribution in [1.29, 1.82) is 0 Å². The number of anilines is 1. The molecule has 5 heteroatoms. The second kappa shape index (κ2) is 4.14. The second-order valence-corrected chi connectivity index (χ2v) is 4.26. The van der Waals surface area contributed by atoms with Crippen molar-refractivity contribution < 1.29 is 4.79 Å². The van der Waals surface area contributed by atoms with Crippen LogP contribution in [-0.2, 0) is 0 Å². The lowest BCUT2D eigenvalue weighted by Gasteiger charge is -2.06. The minimum atomic E-state index is 0.200. The summed E-state index contributed by atoms with van der Waals surface area (Å²) in [5, 5.41) is 3.33. The average Bonchev–Trinajstić information content (AvgIpc) is 2.92. The largest absolute Gasteiger partial charge is 0.369 e. The van der Waals surface area contributed by atoms with Crippen LogP contribution in [0.4, 0.5) is 5.82 Å². The Morgan fingerprint density at radius 2 is 2.40 bits per heavy atom. The Hall–Kier alpha value is -1.16. The molecule has 1 aliphatic rings. The summed E-state index contributed by atoms with van der Waals surface area (Å²) in [6.07, 6.45) is 3.28. The van der Waals surface area contributed by atoms with Crippen molar-refractivity contribution in [2.24, 2.45) is 11.8 Å². The first-order valence-corrected chi connectivity index (χ1v) is 5.29. The first-order chi connectivity index (χ1) is 7.22. The molecule has 0 amide bonds. The Bertz CT molecular complexity index is 383. The van der Waals surface area contributed by atoms with Gasteiger partial charge in [0.05, 0.1) is 5.56 Å². The molecule has 0 aliphatic heterocycles. The van der Waals surface area contributed by atoms with Gasteiger partial charge in [-0.05, 0) is 18.3 Å². The molecule has 1 aromatic rings. The number of carbonyl (C=O) groups is 1. The van der Waals surface area contributed by atoms with Crippen molar-refractivity contribution in [3.8, 4) is 0 Å². The van der Waals surface area contributed by atoms with Gasteiger partial charge in [-0.1, -0.05) is 18.5 Å². The zero-order valence-corrected chi connectivity index (χ0v) is 9.16. The molecule has 1 aliphatic carbocycles. The van der Waals surface area contributed by atoms with Gasteiger partial charge in [-0.15, -0.1) is 0 Å². The summed E-state index contributed by atoms with van der Waals surface area (Å²) in [5.74, 6) is 2.00. The van der Waals surface area contributed by atoms with Crippen LogP contribution < -0.4 is 5.32 Å². The maximum absolute atomic E-state index is 10.8. The van der Waals surface area contributed by atoms with E-state index < -0.39 is 0 Å². The maximum atomic E-state index is 10.8. The van der Waals surface area contributed by atoms with E-state index in [1.54, 1.807) is 0 Å². The van der Waals surface area contributed by atoms with E-state index in [-0.39, 0.29) is 5.15 Å². The van der Waals surface area contributed by atoms with E-state index in [4.69, 9.17) is 11.6 Å². The van der Waals surface area contributed by atoms with Crippen molar-refractivity contribution in [3.63, 3.8) is 0 Å². The van der Waals surface area contributed by atoms with E-state index in [1.165, 1.54) is 12.7 Å². The number of aldehydes is 1. The van der Waals surface area contributed by atoms with E-state index in [9.17, 15) is 4.79 Å². The van der Waals surface area contributed by atoms with Crippen LogP contribution in [0.25, 0.3) is 0 Å². The molecule has 0 spiro atoms. The zero-order chi connectivity index (χ0) is 10.8. The number of hydrogen-bond acceptors (Lipinski definition) is 4. The summed E-state index contributed by atoms with van der Waals surface area (Å²) < 4.78 is 0. The van der Waals surface area contributed by atoms with Gasteiger partial charge < -0.3 is 5.32 Å². The van der Waals surface area contributed by atoms with Gasteiger partial charge in [0.15, 0.2) is 6.29 Å². The van der Waals surface area contributed by atoms with Crippen molar-refractivity contribution in [2.45, 2.75) is 13.3 Å². The highest BCUT2D eigenvalue weighted by Crippen LogP contribution is 2.37. The van der Waals surface area contributed by atoms with Crippen LogP contribution >= 0.6 is 11.6 Å². The van der Waals surface area contributed by atoms with Crippen molar-refractivity contribution >= 4 is 23.7 Å². The molecule has 0 aromatic carbocycles. The molecule has 0 saturated heterocycles. The minimum absolute atomic E-state index is 0.200. The van der Waals surface area contributed by atoms with Gasteiger partial charge in [-0.25, -0.2) is 9.97 Å². The van der Waals surface area contributed by atoms with Crippen LogP contribution in [-0.4, -0.2) is 22.8 Å². The van der Waals surface area contributed by atoms with Gasteiger partial charge in [0, 0.05) is 6.54 Å². The highest BCUT2D eigenvalue weighted by Gasteiger charge is 2.32. The topological polar surface area (TPSA) is 54.9 Å². The van der Waals surface area contributed by atoms with Crippen molar-refractivity contribution in [2.75, 3.05) is 11.9 Å². The summed E-state index contributed by atoms with van der Waals surface area (Å²) in [4.78, 5) is 18.5. The highest BCUT2D eigenvalue weighted by atomic mass is 35.5. The first-order valence-electron chi connectivity index (χ1n) is 4.92. The quantitative estimate of drug-likeness (QED) is 0.629. The third-order valence-corrected chi connectivity index (χ3v) is 3.06. The van der Waals surface area contributed by atoms with Gasteiger partial charge in [0.2, 0.25) is 0 Å². The molecule has 15 heavy (non-hydrogen) atoms. The molecule has 1 N–H and O–H groups in total. The Kier molecular flexibility index (Phi) is 2.86. The number of nitrogens with one attached hydrogen (secondary N) is 1. The summed E-state index contributed by atoms with van der Waals surface area (Å²) in [6, 6.07) is 0. The number of nitrogens with zero attached hydrogens (tertiary/aromatic N) is 2. The second-order valence-electron chi connectivity index (χ2n) is 3.90. The van der Waals surface area contributed by atoms with Crippen LogP contribution in [0.15, 0.2) is 6.33 Å². The summed E-state index contributed by atoms with van der Waals surface area (Å²) in [6.45, 7) is 3.05. The highest BCUT2D eigenvalue weighted by molar-refractivity contribution is 6.32. The van der Waals surface area contributed by atoms with Gasteiger partial charge >= 0.3 is 0 Å². The predicted octanol–water partition coefficient (Wildman–Crippen LogP) is 2.01. The SMILES string of the molecule is CC1CC1CNc1ncnc(Cl)c1C=O. The van der Waals surface area contributed by atoms with Gasteiger partial charge in [-0.3, -0.25) is 4.79 Å². The maximum Gasteiger partial charge on any atom is 0.156 e. The normalized spacial score (nSPS) is 23.6.